The van der Waals surface area contributed by atoms with Crippen molar-refractivity contribution in [3.8, 4) is 16.3 Å². The van der Waals surface area contributed by atoms with Gasteiger partial charge in [-0.05, 0) is 24.3 Å². The second-order valence-corrected chi connectivity index (χ2v) is 6.28. The van der Waals surface area contributed by atoms with E-state index in [9.17, 15) is 0 Å². The molecule has 0 atom stereocenters. The van der Waals surface area contributed by atoms with Crippen molar-refractivity contribution in [2.24, 2.45) is 7.05 Å². The molecule has 2 aromatic heterocycles. The summed E-state index contributed by atoms with van der Waals surface area (Å²) < 4.78 is 7.19. The highest BCUT2D eigenvalue weighted by molar-refractivity contribution is 7.98. The zero-order valence-electron chi connectivity index (χ0n) is 11.8. The predicted molar refractivity (Wildman–Crippen MR) is 86.9 cm³/mol. The summed E-state index contributed by atoms with van der Waals surface area (Å²) in [6, 6.07) is 7.98. The maximum atomic E-state index is 5.17. The Morgan fingerprint density at radius 1 is 1.29 bits per heavy atom. The zero-order valence-corrected chi connectivity index (χ0v) is 13.4. The maximum Gasteiger partial charge on any atom is 0.168 e. The van der Waals surface area contributed by atoms with Crippen LogP contribution in [0.3, 0.4) is 0 Å². The third-order valence-electron chi connectivity index (χ3n) is 3.01. The van der Waals surface area contributed by atoms with Gasteiger partial charge in [-0.25, -0.2) is 9.97 Å². The van der Waals surface area contributed by atoms with E-state index < -0.39 is 0 Å². The van der Waals surface area contributed by atoms with E-state index in [0.717, 1.165) is 32.9 Å². The smallest absolute Gasteiger partial charge is 0.168 e. The van der Waals surface area contributed by atoms with Gasteiger partial charge >= 0.3 is 0 Å². The molecule has 2 heterocycles. The Hall–Kier alpha value is -1.79. The molecule has 0 aliphatic carbocycles. The minimum atomic E-state index is 0.831. The van der Waals surface area contributed by atoms with Gasteiger partial charge < -0.3 is 9.30 Å². The molecule has 1 aromatic carbocycles. The third-order valence-corrected chi connectivity index (χ3v) is 5.05. The van der Waals surface area contributed by atoms with Gasteiger partial charge in [0.05, 0.1) is 12.8 Å². The number of methoxy groups -OCH3 is 1. The van der Waals surface area contributed by atoms with Crippen molar-refractivity contribution in [1.29, 1.82) is 0 Å². The number of thiazole rings is 1. The molecule has 0 spiro atoms. The Morgan fingerprint density at radius 2 is 2.10 bits per heavy atom. The molecule has 0 radical (unpaired) electrons. The van der Waals surface area contributed by atoms with Crippen LogP contribution in [0.25, 0.3) is 10.6 Å². The van der Waals surface area contributed by atoms with Crippen LogP contribution in [0.4, 0.5) is 0 Å². The zero-order chi connectivity index (χ0) is 14.7. The SMILES string of the molecule is COc1ccc(-c2nc(CSc3nccn3C)cs2)cc1. The Balaban J connectivity index is 1.69. The second-order valence-electron chi connectivity index (χ2n) is 4.48. The normalized spacial score (nSPS) is 10.8. The van der Waals surface area contributed by atoms with Crippen molar-refractivity contribution in [2.45, 2.75) is 10.9 Å². The van der Waals surface area contributed by atoms with Crippen LogP contribution in [0, 0.1) is 0 Å². The molecule has 0 fully saturated rings. The van der Waals surface area contributed by atoms with Gasteiger partial charge in [-0.1, -0.05) is 11.8 Å². The minimum Gasteiger partial charge on any atom is -0.497 e. The van der Waals surface area contributed by atoms with E-state index >= 15 is 0 Å². The van der Waals surface area contributed by atoms with E-state index in [1.54, 1.807) is 30.2 Å². The highest BCUT2D eigenvalue weighted by Gasteiger charge is 2.07. The number of nitrogens with zero attached hydrogens (tertiary/aromatic N) is 3. The van der Waals surface area contributed by atoms with E-state index in [-0.39, 0.29) is 0 Å². The first-order valence-corrected chi connectivity index (χ1v) is 8.32. The Kier molecular flexibility index (Phi) is 4.26. The quantitative estimate of drug-likeness (QED) is 0.670. The lowest BCUT2D eigenvalue weighted by Crippen LogP contribution is -1.90. The van der Waals surface area contributed by atoms with E-state index in [0.29, 0.717) is 0 Å². The highest BCUT2D eigenvalue weighted by atomic mass is 32.2. The molecular formula is C15H15N3OS2. The van der Waals surface area contributed by atoms with Crippen LogP contribution >= 0.6 is 23.1 Å². The first kappa shape index (κ1) is 14.2. The van der Waals surface area contributed by atoms with Gasteiger partial charge in [0, 0.05) is 36.1 Å². The van der Waals surface area contributed by atoms with Gasteiger partial charge in [0.15, 0.2) is 5.16 Å². The average molecular weight is 317 g/mol. The number of rotatable bonds is 5. The van der Waals surface area contributed by atoms with Crippen LogP contribution in [0.15, 0.2) is 47.2 Å². The molecule has 0 bridgehead atoms. The fraction of sp³-hybridized carbons (Fsp3) is 0.200. The van der Waals surface area contributed by atoms with E-state index in [2.05, 4.69) is 15.3 Å². The van der Waals surface area contributed by atoms with Crippen molar-refractivity contribution < 1.29 is 4.74 Å². The van der Waals surface area contributed by atoms with Crippen molar-refractivity contribution in [3.05, 3.63) is 47.7 Å². The fourth-order valence-electron chi connectivity index (χ4n) is 1.87. The molecule has 108 valence electrons. The van der Waals surface area contributed by atoms with Crippen LogP contribution in [-0.2, 0) is 12.8 Å². The summed E-state index contributed by atoms with van der Waals surface area (Å²) in [7, 11) is 3.67. The molecule has 0 aliphatic heterocycles. The monoisotopic (exact) mass is 317 g/mol. The summed E-state index contributed by atoms with van der Waals surface area (Å²) in [5, 5.41) is 4.15. The van der Waals surface area contributed by atoms with Crippen LogP contribution in [-0.4, -0.2) is 21.6 Å². The number of ether oxygens (including phenoxy) is 1. The fourth-order valence-corrected chi connectivity index (χ4v) is 3.63. The van der Waals surface area contributed by atoms with E-state index in [4.69, 9.17) is 4.74 Å². The minimum absolute atomic E-state index is 0.831. The number of thioether (sulfide) groups is 1. The summed E-state index contributed by atoms with van der Waals surface area (Å²) in [4.78, 5) is 8.99. The van der Waals surface area contributed by atoms with Crippen molar-refractivity contribution >= 4 is 23.1 Å². The molecule has 0 unspecified atom stereocenters. The van der Waals surface area contributed by atoms with Crippen molar-refractivity contribution in [3.63, 3.8) is 0 Å². The van der Waals surface area contributed by atoms with Gasteiger partial charge in [-0.15, -0.1) is 11.3 Å². The number of hydrogen-bond donors (Lipinski definition) is 0. The van der Waals surface area contributed by atoms with Gasteiger partial charge in [-0.3, -0.25) is 0 Å². The predicted octanol–water partition coefficient (Wildman–Crippen LogP) is 3.84. The molecule has 6 heteroatoms. The number of imidazole rings is 1. The van der Waals surface area contributed by atoms with Gasteiger partial charge in [0.1, 0.15) is 10.8 Å². The Morgan fingerprint density at radius 3 is 2.76 bits per heavy atom. The Bertz CT molecular complexity index is 719. The van der Waals surface area contributed by atoms with Crippen LogP contribution in [0.2, 0.25) is 0 Å². The third kappa shape index (κ3) is 3.28. The molecule has 4 nitrogen and oxygen atoms in total. The molecule has 0 saturated heterocycles. The van der Waals surface area contributed by atoms with Crippen LogP contribution in [0.5, 0.6) is 5.75 Å². The number of aryl methyl sites for hydroxylation is 1. The van der Waals surface area contributed by atoms with Crippen LogP contribution < -0.4 is 4.74 Å². The molecule has 0 aliphatic rings. The number of aromatic nitrogens is 3. The summed E-state index contributed by atoms with van der Waals surface area (Å²) >= 11 is 3.36. The molecule has 0 N–H and O–H groups in total. The largest absolute Gasteiger partial charge is 0.497 e. The first-order valence-electron chi connectivity index (χ1n) is 6.45. The van der Waals surface area contributed by atoms with Crippen molar-refractivity contribution in [2.75, 3.05) is 7.11 Å². The summed E-state index contributed by atoms with van der Waals surface area (Å²) in [5.41, 5.74) is 2.20. The highest BCUT2D eigenvalue weighted by Crippen LogP contribution is 2.28. The van der Waals surface area contributed by atoms with Crippen LogP contribution in [0.1, 0.15) is 5.69 Å². The summed E-state index contributed by atoms with van der Waals surface area (Å²) in [6.45, 7) is 0. The van der Waals surface area contributed by atoms with E-state index in [1.165, 1.54) is 0 Å². The summed E-state index contributed by atoms with van der Waals surface area (Å²) in [6.07, 6.45) is 3.76. The molecule has 3 rings (SSSR count). The molecule has 0 saturated carbocycles. The van der Waals surface area contributed by atoms with Gasteiger partial charge in [0.2, 0.25) is 0 Å². The van der Waals surface area contributed by atoms with E-state index in [1.807, 2.05) is 48.3 Å². The first-order chi connectivity index (χ1) is 10.3. The second kappa shape index (κ2) is 6.32. The average Bonchev–Trinajstić information content (AvgIpc) is 3.14. The topological polar surface area (TPSA) is 39.9 Å². The maximum absolute atomic E-state index is 5.17. The lowest BCUT2D eigenvalue weighted by molar-refractivity contribution is 0.415. The molecular weight excluding hydrogens is 302 g/mol. The number of benzene rings is 1. The van der Waals surface area contributed by atoms with Crippen molar-refractivity contribution in [1.82, 2.24) is 14.5 Å². The standard InChI is InChI=1S/C15H15N3OS2/c1-18-8-7-16-15(18)21-10-12-9-20-14(17-12)11-3-5-13(19-2)6-4-11/h3-9H,10H2,1-2H3. The lowest BCUT2D eigenvalue weighted by Gasteiger charge is -2.00. The Labute approximate surface area is 131 Å². The molecule has 21 heavy (non-hydrogen) atoms. The summed E-state index contributed by atoms with van der Waals surface area (Å²) in [5.74, 6) is 1.69. The molecule has 0 amide bonds. The number of hydrogen-bond acceptors (Lipinski definition) is 5. The lowest BCUT2D eigenvalue weighted by atomic mass is 10.2. The van der Waals surface area contributed by atoms with Gasteiger partial charge in [-0.2, -0.15) is 0 Å². The van der Waals surface area contributed by atoms with Gasteiger partial charge in [0.25, 0.3) is 0 Å². The molecule has 3 aromatic rings.